The van der Waals surface area contributed by atoms with E-state index < -0.39 is 0 Å². The van der Waals surface area contributed by atoms with Gasteiger partial charge in [-0.1, -0.05) is 406 Å². The van der Waals surface area contributed by atoms with Gasteiger partial charge in [0.15, 0.2) is 0 Å². The third-order valence-electron chi connectivity index (χ3n) is 26.4. The molecule has 606 valence electrons. The molecule has 0 saturated carbocycles. The van der Waals surface area contributed by atoms with Crippen LogP contribution in [0.15, 0.2) is 487 Å². The fourth-order valence-corrected chi connectivity index (χ4v) is 20.8. The van der Waals surface area contributed by atoms with E-state index in [0.717, 1.165) is 88.4 Å². The van der Waals surface area contributed by atoms with E-state index in [4.69, 9.17) is 18.2 Å². The van der Waals surface area contributed by atoms with Gasteiger partial charge in [-0.05, 0) is 198 Å². The molecular weight excluding hydrogens is 1580 g/mol. The number of para-hydroxylation sites is 5. The number of fused-ring (bicyclic) bond motifs is 18. The van der Waals surface area contributed by atoms with E-state index in [1.165, 1.54) is 170 Å². The third-order valence-corrected chi connectivity index (χ3v) is 26.4. The van der Waals surface area contributed by atoms with Gasteiger partial charge in [-0.15, -0.1) is 0 Å². The molecule has 0 radical (unpaired) electrons. The predicted molar refractivity (Wildman–Crippen MR) is 547 cm³/mol. The molecule has 0 bridgehead atoms. The van der Waals surface area contributed by atoms with Crippen LogP contribution in [0.4, 0.5) is 0 Å². The fraction of sp³-hybridized carbons (Fsp3) is 0. The molecule has 0 saturated heterocycles. The van der Waals surface area contributed by atoms with Gasteiger partial charge in [0.2, 0.25) is 0 Å². The van der Waals surface area contributed by atoms with Crippen molar-refractivity contribution in [2.24, 2.45) is 0 Å². The minimum Gasteiger partial charge on any atom is -0.456 e. The van der Waals surface area contributed by atoms with Crippen LogP contribution >= 0.6 is 0 Å². The summed E-state index contributed by atoms with van der Waals surface area (Å²) in [5.41, 5.74) is 30.3. The Morgan fingerprint density at radius 3 is 0.877 bits per heavy atom. The zero-order valence-electron chi connectivity index (χ0n) is 70.7. The van der Waals surface area contributed by atoms with Gasteiger partial charge in [-0.3, -0.25) is 4.98 Å². The minimum absolute atomic E-state index is 0.858. The van der Waals surface area contributed by atoms with E-state index in [-0.39, 0.29) is 0 Å². The lowest BCUT2D eigenvalue weighted by molar-refractivity contribution is 0.669. The number of benzene rings is 22. The van der Waals surface area contributed by atoms with Crippen molar-refractivity contribution >= 4 is 152 Å². The van der Waals surface area contributed by atoms with E-state index in [1.807, 2.05) is 48.7 Å². The molecule has 22 aromatic carbocycles. The van der Waals surface area contributed by atoms with Crippen molar-refractivity contribution in [1.82, 2.24) is 9.55 Å². The van der Waals surface area contributed by atoms with Gasteiger partial charge in [0.1, 0.15) is 33.5 Å². The number of pyridine rings is 1. The summed E-state index contributed by atoms with van der Waals surface area (Å²) < 4.78 is 21.8. The first-order valence-corrected chi connectivity index (χ1v) is 44.5. The average molecular weight is 1660 g/mol. The molecule has 5 heteroatoms. The van der Waals surface area contributed by atoms with Gasteiger partial charge in [0.25, 0.3) is 0 Å². The standard InChI is InChI=1S/C44H28O.C43H26N2O.C38H24O/c1-3-13-29(14-4-1)34-28-27-33(43-39-21-11-12-22-40(39)45-44(34)43)30-23-25-32(26-24-30)42-37-19-9-7-17-35(37)41(31-15-5-2-6-16-31)36-18-8-10-20-38(36)42;1-3-17-31-29(15-1)40(35-25-24-33(36-20-11-12-26-44-36)43-41(35)34-19-7-10-23-39(34)46-43)30-16-2-4-18-32(30)42(31)45-37-21-8-5-13-27(37)28-14-6-9-22-38(28)45;1-2-11-26(12-3-1)36-29-13-4-6-15-31(29)37(32-16-7-5-14-30(32)36)27-23-21-25(22-24-27)28-18-10-20-35-38(28)33-17-8-9-19-34(33)39-35/h1-28H;1-26H;1-24H. The molecule has 0 N–H and O–H groups in total. The van der Waals surface area contributed by atoms with Crippen molar-refractivity contribution in [1.29, 1.82) is 0 Å². The van der Waals surface area contributed by atoms with Crippen LogP contribution in [0.1, 0.15) is 0 Å². The van der Waals surface area contributed by atoms with E-state index >= 15 is 0 Å². The van der Waals surface area contributed by atoms with Crippen LogP contribution in [0.5, 0.6) is 0 Å². The highest BCUT2D eigenvalue weighted by Crippen LogP contribution is 2.52. The maximum Gasteiger partial charge on any atom is 0.145 e. The summed E-state index contributed by atoms with van der Waals surface area (Å²) >= 11 is 0. The normalized spacial score (nSPS) is 11.7. The van der Waals surface area contributed by atoms with Gasteiger partial charge >= 0.3 is 0 Å². The summed E-state index contributed by atoms with van der Waals surface area (Å²) in [5.74, 6) is 0. The molecule has 5 heterocycles. The smallest absolute Gasteiger partial charge is 0.145 e. The topological polar surface area (TPSA) is 57.2 Å². The van der Waals surface area contributed by atoms with Crippen LogP contribution in [0, 0.1) is 0 Å². The van der Waals surface area contributed by atoms with Crippen LogP contribution in [-0.4, -0.2) is 9.55 Å². The summed E-state index contributed by atoms with van der Waals surface area (Å²) in [4.78, 5) is 4.70. The lowest BCUT2D eigenvalue weighted by Crippen LogP contribution is -1.99. The molecule has 0 aliphatic rings. The first-order valence-electron chi connectivity index (χ1n) is 44.5. The lowest BCUT2D eigenvalue weighted by atomic mass is 9.85. The Labute approximate surface area is 749 Å². The molecular formula is C125H78N2O3. The van der Waals surface area contributed by atoms with Gasteiger partial charge in [0, 0.05) is 71.2 Å². The molecule has 0 atom stereocenters. The van der Waals surface area contributed by atoms with E-state index in [9.17, 15) is 0 Å². The molecule has 130 heavy (non-hydrogen) atoms. The summed E-state index contributed by atoms with van der Waals surface area (Å²) in [6, 6.07) is 167. The Bertz CT molecular complexity index is 8920. The number of rotatable bonds is 10. The van der Waals surface area contributed by atoms with Crippen LogP contribution < -0.4 is 0 Å². The zero-order chi connectivity index (χ0) is 85.7. The second-order valence-corrected chi connectivity index (χ2v) is 33.5. The second-order valence-electron chi connectivity index (χ2n) is 33.5. The van der Waals surface area contributed by atoms with Gasteiger partial charge in [0.05, 0.1) is 22.4 Å². The van der Waals surface area contributed by atoms with E-state index in [1.54, 1.807) is 0 Å². The fourth-order valence-electron chi connectivity index (χ4n) is 20.8. The van der Waals surface area contributed by atoms with Crippen molar-refractivity contribution in [2.45, 2.75) is 0 Å². The highest BCUT2D eigenvalue weighted by molar-refractivity contribution is 6.28. The summed E-state index contributed by atoms with van der Waals surface area (Å²) in [5, 5.41) is 24.3. The Hall–Kier alpha value is -17.3. The molecule has 27 aromatic rings. The molecule has 27 rings (SSSR count). The van der Waals surface area contributed by atoms with Crippen LogP contribution in [0.3, 0.4) is 0 Å². The molecule has 5 nitrogen and oxygen atoms in total. The first kappa shape index (κ1) is 75.3. The van der Waals surface area contributed by atoms with Crippen LogP contribution in [-0.2, 0) is 0 Å². The Morgan fingerprint density at radius 1 is 0.162 bits per heavy atom. The van der Waals surface area contributed by atoms with Crippen molar-refractivity contribution in [2.75, 3.05) is 0 Å². The average Bonchev–Trinajstić information content (AvgIpc) is 1.45. The third kappa shape index (κ3) is 12.4. The Morgan fingerprint density at radius 2 is 0.446 bits per heavy atom. The monoisotopic (exact) mass is 1650 g/mol. The van der Waals surface area contributed by atoms with Crippen molar-refractivity contribution in [3.8, 4) is 106 Å². The molecule has 0 unspecified atom stereocenters. The summed E-state index contributed by atoms with van der Waals surface area (Å²) in [6.45, 7) is 0. The lowest BCUT2D eigenvalue weighted by Gasteiger charge is -2.20. The molecule has 0 aliphatic carbocycles. The van der Waals surface area contributed by atoms with Crippen molar-refractivity contribution < 1.29 is 13.3 Å². The largest absolute Gasteiger partial charge is 0.456 e. The predicted octanol–water partition coefficient (Wildman–Crippen LogP) is 35.2. The summed E-state index contributed by atoms with van der Waals surface area (Å²) in [7, 11) is 0. The van der Waals surface area contributed by atoms with Crippen molar-refractivity contribution in [3.05, 3.63) is 473 Å². The molecule has 0 spiro atoms. The highest BCUT2D eigenvalue weighted by atomic mass is 16.3. The van der Waals surface area contributed by atoms with Crippen molar-refractivity contribution in [3.63, 3.8) is 0 Å². The number of hydrogen-bond acceptors (Lipinski definition) is 4. The van der Waals surface area contributed by atoms with E-state index in [0.29, 0.717) is 0 Å². The van der Waals surface area contributed by atoms with Gasteiger partial charge < -0.3 is 17.8 Å². The SMILES string of the molecule is c1ccc(-c2c3ccccc3c(-c3ccc(-c4ccc(-c5ccccc5)c5oc6ccccc6c45)cc3)c3ccccc23)cc1.c1ccc(-c2c3ccccc3c(-c3ccc(-c4cccc5oc6ccccc6c45)cc3)c3ccccc23)cc1.c1ccc(-c2ccc(-c3c4ccccc4c(-n4c5ccccc5c5ccccc54)c4ccccc34)c3c2oc2ccccc23)nc1. The number of hydrogen-bond donors (Lipinski definition) is 0. The van der Waals surface area contributed by atoms with Crippen LogP contribution in [0.2, 0.25) is 0 Å². The summed E-state index contributed by atoms with van der Waals surface area (Å²) in [6.07, 6.45) is 1.84. The van der Waals surface area contributed by atoms with Crippen LogP contribution in [0.25, 0.3) is 258 Å². The molecule has 0 aliphatic heterocycles. The first-order chi connectivity index (χ1) is 64.6. The Balaban J connectivity index is 0.000000106. The van der Waals surface area contributed by atoms with Gasteiger partial charge in [-0.2, -0.15) is 0 Å². The quantitative estimate of drug-likeness (QED) is 0.128. The molecule has 0 fully saturated rings. The van der Waals surface area contributed by atoms with E-state index in [2.05, 4.69) is 429 Å². The zero-order valence-corrected chi connectivity index (χ0v) is 70.7. The molecule has 5 aromatic heterocycles. The number of furan rings is 3. The Kier molecular flexibility index (Phi) is 18.2. The van der Waals surface area contributed by atoms with Gasteiger partial charge in [-0.25, -0.2) is 0 Å². The number of nitrogens with zero attached hydrogens (tertiary/aromatic N) is 2. The maximum absolute atomic E-state index is 6.66. The maximum atomic E-state index is 6.66. The second kappa shape index (κ2) is 31.5. The highest BCUT2D eigenvalue weighted by Gasteiger charge is 2.27. The molecule has 0 amide bonds. The minimum atomic E-state index is 0.858. The number of aromatic nitrogens is 2.